The average molecular weight is 350 g/mol. The van der Waals surface area contributed by atoms with Crippen LogP contribution >= 0.6 is 0 Å². The zero-order chi connectivity index (χ0) is 18.4. The van der Waals surface area contributed by atoms with Crippen LogP contribution in [0.5, 0.6) is 0 Å². The molecule has 1 aliphatic heterocycles. The maximum Gasteiger partial charge on any atom is 0.293 e. The van der Waals surface area contributed by atoms with Gasteiger partial charge in [0.25, 0.3) is 5.56 Å². The molecule has 140 valence electrons. The first kappa shape index (κ1) is 19.2. The second-order valence-corrected chi connectivity index (χ2v) is 6.47. The van der Waals surface area contributed by atoms with Crippen LogP contribution in [0.3, 0.4) is 0 Å². The van der Waals surface area contributed by atoms with E-state index in [0.717, 1.165) is 19.0 Å². The summed E-state index contributed by atoms with van der Waals surface area (Å²) in [6.45, 7) is 7.36. The molecule has 1 fully saturated rings. The van der Waals surface area contributed by atoms with Gasteiger partial charge in [-0.15, -0.1) is 0 Å². The highest BCUT2D eigenvalue weighted by atomic mass is 16.3. The van der Waals surface area contributed by atoms with E-state index >= 15 is 0 Å². The number of anilines is 1. The van der Waals surface area contributed by atoms with Gasteiger partial charge < -0.3 is 24.8 Å². The van der Waals surface area contributed by atoms with Crippen molar-refractivity contribution in [2.24, 2.45) is 12.0 Å². The van der Waals surface area contributed by atoms with Crippen LogP contribution in [0.25, 0.3) is 0 Å². The number of piperazine rings is 1. The second kappa shape index (κ2) is 8.33. The van der Waals surface area contributed by atoms with Crippen LogP contribution in [0.15, 0.2) is 22.2 Å². The molecular weight excluding hydrogens is 320 g/mol. The highest BCUT2D eigenvalue weighted by molar-refractivity contribution is 5.80. The van der Waals surface area contributed by atoms with E-state index in [1.165, 1.54) is 0 Å². The van der Waals surface area contributed by atoms with Gasteiger partial charge in [-0.3, -0.25) is 9.79 Å². The molecule has 2 heterocycles. The van der Waals surface area contributed by atoms with E-state index in [0.29, 0.717) is 38.3 Å². The molecule has 0 amide bonds. The van der Waals surface area contributed by atoms with Crippen molar-refractivity contribution in [1.82, 2.24) is 19.8 Å². The summed E-state index contributed by atoms with van der Waals surface area (Å²) < 4.78 is 1.55. The molecule has 8 heteroatoms. The third-order valence-corrected chi connectivity index (χ3v) is 4.98. The number of guanidine groups is 1. The lowest BCUT2D eigenvalue weighted by atomic mass is 9.98. The van der Waals surface area contributed by atoms with Gasteiger partial charge in [-0.2, -0.15) is 0 Å². The molecule has 0 saturated carbocycles. The first-order valence-electron chi connectivity index (χ1n) is 8.88. The monoisotopic (exact) mass is 350 g/mol. The van der Waals surface area contributed by atoms with Gasteiger partial charge in [0.1, 0.15) is 0 Å². The van der Waals surface area contributed by atoms with Gasteiger partial charge >= 0.3 is 0 Å². The highest BCUT2D eigenvalue weighted by Gasteiger charge is 2.26. The van der Waals surface area contributed by atoms with Crippen LogP contribution in [0, 0.1) is 0 Å². The lowest BCUT2D eigenvalue weighted by molar-refractivity contribution is 0.0361. The van der Waals surface area contributed by atoms with Gasteiger partial charge in [-0.05, 0) is 12.8 Å². The molecule has 1 aromatic rings. The van der Waals surface area contributed by atoms with E-state index in [1.807, 2.05) is 18.7 Å². The van der Waals surface area contributed by atoms with Gasteiger partial charge in [-0.25, -0.2) is 4.98 Å². The fraction of sp³-hybridized carbons (Fsp3) is 0.706. The predicted octanol–water partition coefficient (Wildman–Crippen LogP) is 0.0288. The molecule has 25 heavy (non-hydrogen) atoms. The number of nitrogens with zero attached hydrogens (tertiary/aromatic N) is 5. The molecule has 0 bridgehead atoms. The molecule has 8 nitrogen and oxygen atoms in total. The number of rotatable bonds is 5. The van der Waals surface area contributed by atoms with Crippen LogP contribution in [0.4, 0.5) is 5.82 Å². The molecule has 0 radical (unpaired) electrons. The molecule has 0 unspecified atom stereocenters. The first-order valence-corrected chi connectivity index (χ1v) is 8.88. The number of aliphatic imine (C=N–C) groups is 1. The summed E-state index contributed by atoms with van der Waals surface area (Å²) in [5, 5.41) is 13.7. The van der Waals surface area contributed by atoms with Crippen LogP contribution < -0.4 is 15.8 Å². The van der Waals surface area contributed by atoms with Crippen LogP contribution in [-0.4, -0.2) is 70.9 Å². The van der Waals surface area contributed by atoms with Crippen molar-refractivity contribution in [2.45, 2.75) is 32.3 Å². The fourth-order valence-corrected chi connectivity index (χ4v) is 2.91. The third-order valence-electron chi connectivity index (χ3n) is 4.98. The van der Waals surface area contributed by atoms with Crippen LogP contribution in [0.2, 0.25) is 0 Å². The summed E-state index contributed by atoms with van der Waals surface area (Å²) in [5.41, 5.74) is -0.785. The lowest BCUT2D eigenvalue weighted by Crippen LogP contribution is -2.55. The molecule has 2 N–H and O–H groups in total. The van der Waals surface area contributed by atoms with E-state index in [-0.39, 0.29) is 5.56 Å². The van der Waals surface area contributed by atoms with E-state index in [1.54, 1.807) is 31.1 Å². The highest BCUT2D eigenvalue weighted by Crippen LogP contribution is 2.13. The minimum Gasteiger partial charge on any atom is -0.388 e. The van der Waals surface area contributed by atoms with Crippen molar-refractivity contribution in [1.29, 1.82) is 0 Å². The number of aliphatic hydroxyl groups is 1. The van der Waals surface area contributed by atoms with E-state index in [2.05, 4.69) is 20.2 Å². The molecule has 0 atom stereocenters. The van der Waals surface area contributed by atoms with Crippen molar-refractivity contribution in [3.05, 3.63) is 22.7 Å². The summed E-state index contributed by atoms with van der Waals surface area (Å²) in [6.07, 6.45) is 4.71. The topological polar surface area (TPSA) is 86.0 Å². The van der Waals surface area contributed by atoms with Gasteiger partial charge in [-0.1, -0.05) is 13.8 Å². The standard InChI is InChI=1S/C17H30N6O2/c1-5-17(25,6-2)13-20-16(18-3)23-11-9-22(10-12-23)14-15(24)21(4)8-7-19-14/h7-8,25H,5-6,9-13H2,1-4H3,(H,18,20). The number of aromatic nitrogens is 2. The maximum atomic E-state index is 12.2. The van der Waals surface area contributed by atoms with Crippen molar-refractivity contribution < 1.29 is 5.11 Å². The number of aryl methyl sites for hydroxylation is 1. The van der Waals surface area contributed by atoms with Crippen LogP contribution in [0.1, 0.15) is 26.7 Å². The summed E-state index contributed by atoms with van der Waals surface area (Å²) in [4.78, 5) is 24.9. The Morgan fingerprint density at radius 2 is 1.96 bits per heavy atom. The minimum atomic E-state index is -0.710. The number of hydrogen-bond donors (Lipinski definition) is 2. The Hall–Kier alpha value is -2.09. The summed E-state index contributed by atoms with van der Waals surface area (Å²) in [7, 11) is 3.48. The third kappa shape index (κ3) is 4.50. The van der Waals surface area contributed by atoms with Crippen molar-refractivity contribution >= 4 is 11.8 Å². The Labute approximate surface area is 149 Å². The molecule has 2 rings (SSSR count). The van der Waals surface area contributed by atoms with Crippen LogP contribution in [-0.2, 0) is 7.05 Å². The largest absolute Gasteiger partial charge is 0.388 e. The molecule has 1 saturated heterocycles. The second-order valence-electron chi connectivity index (χ2n) is 6.47. The van der Waals surface area contributed by atoms with Crippen molar-refractivity contribution in [3.63, 3.8) is 0 Å². The van der Waals surface area contributed by atoms with E-state index in [9.17, 15) is 9.90 Å². The smallest absolute Gasteiger partial charge is 0.293 e. The Morgan fingerprint density at radius 1 is 1.32 bits per heavy atom. The van der Waals surface area contributed by atoms with E-state index < -0.39 is 5.60 Å². The molecule has 0 spiro atoms. The first-order chi connectivity index (χ1) is 11.9. The Bertz CT molecular complexity index is 645. The molecular formula is C17H30N6O2. The zero-order valence-electron chi connectivity index (χ0n) is 15.7. The minimum absolute atomic E-state index is 0.0746. The fourth-order valence-electron chi connectivity index (χ4n) is 2.91. The summed E-state index contributed by atoms with van der Waals surface area (Å²) >= 11 is 0. The lowest BCUT2D eigenvalue weighted by Gasteiger charge is -2.37. The van der Waals surface area contributed by atoms with Gasteiger partial charge in [0.2, 0.25) is 0 Å². The van der Waals surface area contributed by atoms with Gasteiger partial charge in [0.15, 0.2) is 11.8 Å². The van der Waals surface area contributed by atoms with Gasteiger partial charge in [0, 0.05) is 59.2 Å². The molecule has 0 aromatic carbocycles. The number of nitrogens with one attached hydrogen (secondary N) is 1. The van der Waals surface area contributed by atoms with Crippen molar-refractivity contribution in [2.75, 3.05) is 44.7 Å². The Morgan fingerprint density at radius 3 is 2.52 bits per heavy atom. The SMILES string of the molecule is CCC(O)(CC)CNC(=NC)N1CCN(c2nccn(C)c2=O)CC1. The molecule has 0 aliphatic carbocycles. The Kier molecular flexibility index (Phi) is 6.41. The van der Waals surface area contributed by atoms with Crippen molar-refractivity contribution in [3.8, 4) is 0 Å². The predicted molar refractivity (Wildman–Crippen MR) is 100 cm³/mol. The normalized spacial score (nSPS) is 16.3. The number of hydrogen-bond acceptors (Lipinski definition) is 5. The Balaban J connectivity index is 1.96. The summed E-state index contributed by atoms with van der Waals surface area (Å²) in [6, 6.07) is 0. The van der Waals surface area contributed by atoms with Gasteiger partial charge in [0.05, 0.1) is 5.60 Å². The zero-order valence-corrected chi connectivity index (χ0v) is 15.7. The van der Waals surface area contributed by atoms with E-state index in [4.69, 9.17) is 0 Å². The maximum absolute atomic E-state index is 12.2. The molecule has 1 aromatic heterocycles. The summed E-state index contributed by atoms with van der Waals surface area (Å²) in [5.74, 6) is 1.29. The quantitative estimate of drug-likeness (QED) is 0.576. The molecule has 1 aliphatic rings. The average Bonchev–Trinajstić information content (AvgIpc) is 2.65.